The fourth-order valence-corrected chi connectivity index (χ4v) is 4.06. The van der Waals surface area contributed by atoms with E-state index in [1.54, 1.807) is 36.4 Å². The molecule has 1 saturated carbocycles. The molecule has 0 saturated heterocycles. The summed E-state index contributed by atoms with van der Waals surface area (Å²) in [7, 11) is -3.77. The summed E-state index contributed by atoms with van der Waals surface area (Å²) in [4.78, 5) is 16.0. The molecular weight excluding hydrogens is 362 g/mol. The zero-order valence-electron chi connectivity index (χ0n) is 15.1. The Kier molecular flexibility index (Phi) is 4.19. The number of benzene rings is 1. The van der Waals surface area contributed by atoms with Gasteiger partial charge in [0, 0.05) is 23.2 Å². The van der Waals surface area contributed by atoms with Gasteiger partial charge in [0.2, 0.25) is 0 Å². The number of hydrogen-bond acceptors (Lipinski definition) is 5. The Morgan fingerprint density at radius 2 is 1.81 bits per heavy atom. The van der Waals surface area contributed by atoms with Crippen molar-refractivity contribution in [1.82, 2.24) is 14.2 Å². The topological polar surface area (TPSA) is 81.9 Å². The largest absolute Gasteiger partial charge is 0.294 e. The number of carbonyl (C=O) groups is 1. The Labute approximate surface area is 157 Å². The van der Waals surface area contributed by atoms with E-state index in [1.165, 1.54) is 19.3 Å². The van der Waals surface area contributed by atoms with Crippen LogP contribution in [0.15, 0.2) is 53.7 Å². The van der Waals surface area contributed by atoms with Crippen LogP contribution in [0.5, 0.6) is 0 Å². The van der Waals surface area contributed by atoms with E-state index in [-0.39, 0.29) is 16.6 Å². The van der Waals surface area contributed by atoms with Crippen molar-refractivity contribution >= 4 is 15.8 Å². The summed E-state index contributed by atoms with van der Waals surface area (Å²) in [5.41, 5.74) is 3.57. The van der Waals surface area contributed by atoms with Crippen LogP contribution in [0.1, 0.15) is 47.3 Å². The molecule has 0 bridgehead atoms. The number of pyridine rings is 1. The van der Waals surface area contributed by atoms with E-state index in [1.807, 2.05) is 6.92 Å². The molecule has 7 heteroatoms. The Balaban J connectivity index is 1.79. The maximum Gasteiger partial charge on any atom is 0.282 e. The number of aromatic nitrogens is 3. The van der Waals surface area contributed by atoms with Crippen molar-refractivity contribution in [2.24, 2.45) is 0 Å². The molecule has 2 heterocycles. The van der Waals surface area contributed by atoms with Crippen molar-refractivity contribution in [3.63, 3.8) is 0 Å². The van der Waals surface area contributed by atoms with Gasteiger partial charge in [-0.3, -0.25) is 9.78 Å². The standard InChI is InChI=1S/C20H19N3O3S/c1-13-3-8-17(9-4-13)27(25,26)23-12-18(20(22-23)15-5-6-15)19-10-7-16(11-21-19)14(2)24/h3-4,7-12,15H,5-6H2,1-2H3. The van der Waals surface area contributed by atoms with Crippen LogP contribution >= 0.6 is 0 Å². The second-order valence-electron chi connectivity index (χ2n) is 6.88. The zero-order valence-corrected chi connectivity index (χ0v) is 15.9. The molecular formula is C20H19N3O3S. The van der Waals surface area contributed by atoms with Crippen LogP contribution in [0, 0.1) is 6.92 Å². The molecule has 2 aromatic heterocycles. The Morgan fingerprint density at radius 3 is 2.37 bits per heavy atom. The highest BCUT2D eigenvalue weighted by Gasteiger charge is 2.32. The van der Waals surface area contributed by atoms with Gasteiger partial charge < -0.3 is 0 Å². The van der Waals surface area contributed by atoms with Crippen molar-refractivity contribution in [3.05, 3.63) is 65.6 Å². The molecule has 0 spiro atoms. The maximum atomic E-state index is 13.0. The van der Waals surface area contributed by atoms with Crippen molar-refractivity contribution in [2.45, 2.75) is 37.5 Å². The van der Waals surface area contributed by atoms with Crippen molar-refractivity contribution in [1.29, 1.82) is 0 Å². The van der Waals surface area contributed by atoms with Crippen molar-refractivity contribution < 1.29 is 13.2 Å². The summed E-state index contributed by atoms with van der Waals surface area (Å²) in [6.07, 6.45) is 5.01. The lowest BCUT2D eigenvalue weighted by Gasteiger charge is -2.04. The summed E-state index contributed by atoms with van der Waals surface area (Å²) >= 11 is 0. The number of ketones is 1. The lowest BCUT2D eigenvalue weighted by atomic mass is 10.1. The maximum absolute atomic E-state index is 13.0. The van der Waals surface area contributed by atoms with Crippen molar-refractivity contribution in [2.75, 3.05) is 0 Å². The first-order chi connectivity index (χ1) is 12.9. The molecule has 1 aliphatic rings. The van der Waals surface area contributed by atoms with E-state index in [9.17, 15) is 13.2 Å². The van der Waals surface area contributed by atoms with E-state index in [0.717, 1.165) is 28.2 Å². The van der Waals surface area contributed by atoms with Gasteiger partial charge in [0.25, 0.3) is 10.0 Å². The first-order valence-corrected chi connectivity index (χ1v) is 10.2. The molecule has 0 N–H and O–H groups in total. The Bertz CT molecular complexity index is 1110. The molecule has 138 valence electrons. The van der Waals surface area contributed by atoms with E-state index < -0.39 is 10.0 Å². The molecule has 27 heavy (non-hydrogen) atoms. The van der Waals surface area contributed by atoms with Crippen LogP contribution in [-0.4, -0.2) is 28.4 Å². The van der Waals surface area contributed by atoms with Crippen molar-refractivity contribution in [3.8, 4) is 11.3 Å². The van der Waals surface area contributed by atoms with Crippen LogP contribution in [0.2, 0.25) is 0 Å². The second kappa shape index (κ2) is 6.42. The third kappa shape index (κ3) is 3.30. The normalized spacial score (nSPS) is 14.3. The number of Topliss-reactive ketones (excluding diaryl/α,β-unsaturated/α-hetero) is 1. The van der Waals surface area contributed by atoms with Crippen LogP contribution < -0.4 is 0 Å². The minimum Gasteiger partial charge on any atom is -0.294 e. The monoisotopic (exact) mass is 381 g/mol. The highest BCUT2D eigenvalue weighted by atomic mass is 32.2. The predicted octanol–water partition coefficient (Wildman–Crippen LogP) is 3.57. The summed E-state index contributed by atoms with van der Waals surface area (Å²) < 4.78 is 27.0. The quantitative estimate of drug-likeness (QED) is 0.631. The van der Waals surface area contributed by atoms with Gasteiger partial charge in [-0.2, -0.15) is 17.6 Å². The van der Waals surface area contributed by atoms with Crippen LogP contribution in [0.25, 0.3) is 11.3 Å². The van der Waals surface area contributed by atoms with Gasteiger partial charge in [-0.15, -0.1) is 0 Å². The first-order valence-electron chi connectivity index (χ1n) is 8.75. The third-order valence-electron chi connectivity index (χ3n) is 4.70. The highest BCUT2D eigenvalue weighted by Crippen LogP contribution is 2.43. The average Bonchev–Trinajstić information content (AvgIpc) is 3.40. The van der Waals surface area contributed by atoms with E-state index in [0.29, 0.717) is 16.8 Å². The molecule has 0 amide bonds. The van der Waals surface area contributed by atoms with Crippen LogP contribution in [-0.2, 0) is 10.0 Å². The summed E-state index contributed by atoms with van der Waals surface area (Å²) in [6, 6.07) is 10.1. The molecule has 3 aromatic rings. The lowest BCUT2D eigenvalue weighted by molar-refractivity contribution is 0.101. The predicted molar refractivity (Wildman–Crippen MR) is 101 cm³/mol. The second-order valence-corrected chi connectivity index (χ2v) is 8.68. The molecule has 0 aliphatic heterocycles. The van der Waals surface area contributed by atoms with E-state index >= 15 is 0 Å². The number of aryl methyl sites for hydroxylation is 1. The fourth-order valence-electron chi connectivity index (χ4n) is 2.92. The zero-order chi connectivity index (χ0) is 19.2. The molecule has 6 nitrogen and oxygen atoms in total. The van der Waals surface area contributed by atoms with Gasteiger partial charge in [-0.1, -0.05) is 17.7 Å². The van der Waals surface area contributed by atoms with Crippen LogP contribution in [0.4, 0.5) is 0 Å². The Hall–Kier alpha value is -2.80. The number of rotatable bonds is 5. The van der Waals surface area contributed by atoms with Crippen LogP contribution in [0.3, 0.4) is 0 Å². The number of carbonyl (C=O) groups excluding carboxylic acids is 1. The molecule has 0 unspecified atom stereocenters. The molecule has 1 fully saturated rings. The molecule has 0 radical (unpaired) electrons. The number of nitrogens with zero attached hydrogens (tertiary/aromatic N) is 3. The van der Waals surface area contributed by atoms with Gasteiger partial charge >= 0.3 is 0 Å². The first kappa shape index (κ1) is 17.6. The Morgan fingerprint density at radius 1 is 1.11 bits per heavy atom. The summed E-state index contributed by atoms with van der Waals surface area (Å²) in [5, 5.41) is 4.40. The van der Waals surface area contributed by atoms with Gasteiger partial charge in [0.05, 0.1) is 22.5 Å². The minimum atomic E-state index is -3.77. The van der Waals surface area contributed by atoms with Gasteiger partial charge in [0.15, 0.2) is 5.78 Å². The summed E-state index contributed by atoms with van der Waals surface area (Å²) in [6.45, 7) is 3.39. The number of hydrogen-bond donors (Lipinski definition) is 0. The molecule has 4 rings (SSSR count). The van der Waals surface area contributed by atoms with Gasteiger partial charge in [-0.05, 0) is 51.0 Å². The fraction of sp³-hybridized carbons (Fsp3) is 0.250. The SMILES string of the molecule is CC(=O)c1ccc(-c2cn(S(=O)(=O)c3ccc(C)cc3)nc2C2CC2)nc1. The van der Waals surface area contributed by atoms with Gasteiger partial charge in [-0.25, -0.2) is 0 Å². The summed E-state index contributed by atoms with van der Waals surface area (Å²) in [5.74, 6) is 0.192. The smallest absolute Gasteiger partial charge is 0.282 e. The van der Waals surface area contributed by atoms with E-state index in [4.69, 9.17) is 0 Å². The molecule has 1 aromatic carbocycles. The van der Waals surface area contributed by atoms with E-state index in [2.05, 4.69) is 10.1 Å². The highest BCUT2D eigenvalue weighted by molar-refractivity contribution is 7.89. The third-order valence-corrected chi connectivity index (χ3v) is 6.24. The van der Waals surface area contributed by atoms with Gasteiger partial charge in [0.1, 0.15) is 0 Å². The minimum absolute atomic E-state index is 0.0610. The molecule has 1 aliphatic carbocycles. The average molecular weight is 381 g/mol. The lowest BCUT2D eigenvalue weighted by Crippen LogP contribution is -2.13. The molecule has 0 atom stereocenters.